The minimum absolute atomic E-state index is 0.0321. The van der Waals surface area contributed by atoms with E-state index in [1.54, 1.807) is 6.20 Å². The third-order valence-electron chi connectivity index (χ3n) is 2.84. The van der Waals surface area contributed by atoms with Crippen LogP contribution >= 0.6 is 0 Å². The van der Waals surface area contributed by atoms with E-state index < -0.39 is 0 Å². The van der Waals surface area contributed by atoms with E-state index in [0.717, 1.165) is 24.9 Å². The van der Waals surface area contributed by atoms with Crippen molar-refractivity contribution in [2.45, 2.75) is 45.7 Å². The first-order valence-corrected chi connectivity index (χ1v) is 6.16. The van der Waals surface area contributed by atoms with Gasteiger partial charge in [-0.3, -0.25) is 4.98 Å². The van der Waals surface area contributed by atoms with Crippen LogP contribution in [0.3, 0.4) is 0 Å². The predicted molar refractivity (Wildman–Crippen MR) is 72.6 cm³/mol. The molecule has 0 aliphatic carbocycles. The van der Waals surface area contributed by atoms with Crippen LogP contribution < -0.4 is 11.1 Å². The molecule has 100 valence electrons. The Balaban J connectivity index is 2.69. The lowest BCUT2D eigenvalue weighted by atomic mass is 9.98. The van der Waals surface area contributed by atoms with E-state index in [9.17, 15) is 0 Å². The highest BCUT2D eigenvalue weighted by Gasteiger charge is 2.15. The first-order chi connectivity index (χ1) is 8.48. The average molecular weight is 250 g/mol. The molecule has 0 bridgehead atoms. The number of nitrogens with one attached hydrogen (secondary N) is 1. The van der Waals surface area contributed by atoms with Crippen LogP contribution in [0.1, 0.15) is 44.9 Å². The number of aromatic nitrogens is 1. The summed E-state index contributed by atoms with van der Waals surface area (Å²) in [5.74, 6) is 0.0321. The Labute approximate surface area is 108 Å². The van der Waals surface area contributed by atoms with E-state index in [2.05, 4.69) is 36.2 Å². The van der Waals surface area contributed by atoms with Crippen molar-refractivity contribution in [2.24, 2.45) is 10.9 Å². The zero-order valence-electron chi connectivity index (χ0n) is 11.3. The molecule has 4 N–H and O–H groups in total. The molecule has 1 aromatic heterocycles. The normalized spacial score (nSPS) is 12.7. The zero-order valence-corrected chi connectivity index (χ0v) is 11.3. The number of nitrogens with two attached hydrogens (primary N) is 1. The van der Waals surface area contributed by atoms with Crippen molar-refractivity contribution in [1.29, 1.82) is 0 Å². The lowest BCUT2D eigenvalue weighted by Crippen LogP contribution is -2.38. The van der Waals surface area contributed by atoms with Gasteiger partial charge in [-0.2, -0.15) is 0 Å². The van der Waals surface area contributed by atoms with Crippen LogP contribution in [0.15, 0.2) is 23.5 Å². The Morgan fingerprint density at radius 3 is 2.89 bits per heavy atom. The molecule has 5 heteroatoms. The largest absolute Gasteiger partial charge is 0.409 e. The lowest BCUT2D eigenvalue weighted by molar-refractivity contribution is 0.318. The second-order valence-electron chi connectivity index (χ2n) is 5.02. The van der Waals surface area contributed by atoms with Gasteiger partial charge in [-0.15, -0.1) is 0 Å². The second-order valence-corrected chi connectivity index (χ2v) is 5.02. The van der Waals surface area contributed by atoms with Crippen LogP contribution in [0.4, 0.5) is 0 Å². The number of oxime groups is 1. The number of hydrogen-bond acceptors (Lipinski definition) is 4. The third-order valence-corrected chi connectivity index (χ3v) is 2.84. The van der Waals surface area contributed by atoms with E-state index in [4.69, 9.17) is 10.9 Å². The Morgan fingerprint density at radius 1 is 1.56 bits per heavy atom. The van der Waals surface area contributed by atoms with Gasteiger partial charge in [0, 0.05) is 18.3 Å². The Bertz CT molecular complexity index is 415. The molecular weight excluding hydrogens is 228 g/mol. The Hall–Kier alpha value is -1.62. The van der Waals surface area contributed by atoms with Crippen LogP contribution in [0, 0.1) is 0 Å². The smallest absolute Gasteiger partial charge is 0.188 e. The Kier molecular flexibility index (Phi) is 5.09. The fourth-order valence-corrected chi connectivity index (χ4v) is 1.83. The van der Waals surface area contributed by atoms with Gasteiger partial charge in [-0.1, -0.05) is 18.5 Å². The predicted octanol–water partition coefficient (Wildman–Crippen LogP) is 1.84. The fraction of sp³-hybridized carbons (Fsp3) is 0.538. The number of amidine groups is 1. The highest BCUT2D eigenvalue weighted by molar-refractivity contribution is 5.95. The molecule has 0 aliphatic rings. The quantitative estimate of drug-likeness (QED) is 0.311. The molecule has 1 heterocycles. The van der Waals surface area contributed by atoms with Gasteiger partial charge in [0.15, 0.2) is 5.84 Å². The molecule has 0 spiro atoms. The van der Waals surface area contributed by atoms with Crippen molar-refractivity contribution in [3.63, 3.8) is 0 Å². The molecule has 0 radical (unpaired) electrons. The standard InChI is InChI=1S/C13H22N4O/c1-4-6-13(2,3)16-9-10-5-7-15-11(8-10)12(14)17-18/h5,7-8,16,18H,4,6,9H2,1-3H3,(H2,14,17). The molecule has 0 aromatic carbocycles. The zero-order chi connectivity index (χ0) is 13.6. The van der Waals surface area contributed by atoms with E-state index in [-0.39, 0.29) is 11.4 Å². The number of pyridine rings is 1. The first kappa shape index (κ1) is 14.4. The first-order valence-electron chi connectivity index (χ1n) is 6.16. The highest BCUT2D eigenvalue weighted by atomic mass is 16.4. The van der Waals surface area contributed by atoms with Crippen LogP contribution in [-0.2, 0) is 6.54 Å². The van der Waals surface area contributed by atoms with Gasteiger partial charge in [0.25, 0.3) is 0 Å². The maximum absolute atomic E-state index is 8.62. The van der Waals surface area contributed by atoms with Crippen molar-refractivity contribution in [3.8, 4) is 0 Å². The van der Waals surface area contributed by atoms with Gasteiger partial charge >= 0.3 is 0 Å². The minimum Gasteiger partial charge on any atom is -0.409 e. The summed E-state index contributed by atoms with van der Waals surface area (Å²) in [6.07, 6.45) is 3.92. The molecule has 0 amide bonds. The SMILES string of the molecule is CCCC(C)(C)NCc1ccnc(/C(N)=N/O)c1. The molecule has 0 atom stereocenters. The molecule has 18 heavy (non-hydrogen) atoms. The van der Waals surface area contributed by atoms with Crippen molar-refractivity contribution < 1.29 is 5.21 Å². The van der Waals surface area contributed by atoms with E-state index in [0.29, 0.717) is 5.69 Å². The van der Waals surface area contributed by atoms with E-state index in [1.165, 1.54) is 0 Å². The summed E-state index contributed by atoms with van der Waals surface area (Å²) >= 11 is 0. The van der Waals surface area contributed by atoms with E-state index in [1.807, 2.05) is 12.1 Å². The van der Waals surface area contributed by atoms with Crippen LogP contribution in [-0.4, -0.2) is 21.6 Å². The van der Waals surface area contributed by atoms with Gasteiger partial charge in [0.05, 0.1) is 0 Å². The monoisotopic (exact) mass is 250 g/mol. The molecular formula is C13H22N4O. The highest BCUT2D eigenvalue weighted by Crippen LogP contribution is 2.12. The molecule has 0 unspecified atom stereocenters. The fourth-order valence-electron chi connectivity index (χ4n) is 1.83. The lowest BCUT2D eigenvalue weighted by Gasteiger charge is -2.26. The van der Waals surface area contributed by atoms with E-state index >= 15 is 0 Å². The van der Waals surface area contributed by atoms with Gasteiger partial charge in [-0.25, -0.2) is 0 Å². The van der Waals surface area contributed by atoms with Crippen LogP contribution in [0.2, 0.25) is 0 Å². The molecule has 0 aliphatic heterocycles. The number of hydrogen-bond donors (Lipinski definition) is 3. The second kappa shape index (κ2) is 6.35. The van der Waals surface area contributed by atoms with Crippen LogP contribution in [0.5, 0.6) is 0 Å². The summed E-state index contributed by atoms with van der Waals surface area (Å²) < 4.78 is 0. The summed E-state index contributed by atoms with van der Waals surface area (Å²) in [6, 6.07) is 3.74. The van der Waals surface area contributed by atoms with Gasteiger partial charge in [0.1, 0.15) is 5.69 Å². The maximum atomic E-state index is 8.62. The molecule has 1 rings (SSSR count). The summed E-state index contributed by atoms with van der Waals surface area (Å²) in [4.78, 5) is 4.05. The average Bonchev–Trinajstić information content (AvgIpc) is 2.36. The molecule has 0 saturated carbocycles. The number of nitrogens with zero attached hydrogens (tertiary/aromatic N) is 2. The molecule has 1 aromatic rings. The summed E-state index contributed by atoms with van der Waals surface area (Å²) in [5, 5.41) is 15.1. The Morgan fingerprint density at radius 2 is 2.28 bits per heavy atom. The summed E-state index contributed by atoms with van der Waals surface area (Å²) in [5.41, 5.74) is 7.17. The van der Waals surface area contributed by atoms with Crippen LogP contribution in [0.25, 0.3) is 0 Å². The van der Waals surface area contributed by atoms with Crippen molar-refractivity contribution in [3.05, 3.63) is 29.6 Å². The molecule has 5 nitrogen and oxygen atoms in total. The summed E-state index contributed by atoms with van der Waals surface area (Å²) in [6.45, 7) is 7.28. The maximum Gasteiger partial charge on any atom is 0.188 e. The van der Waals surface area contributed by atoms with Gasteiger partial charge in [0.2, 0.25) is 0 Å². The molecule has 0 fully saturated rings. The molecule has 0 saturated heterocycles. The van der Waals surface area contributed by atoms with Crippen molar-refractivity contribution in [1.82, 2.24) is 10.3 Å². The van der Waals surface area contributed by atoms with Gasteiger partial charge < -0.3 is 16.3 Å². The van der Waals surface area contributed by atoms with Crippen molar-refractivity contribution in [2.75, 3.05) is 0 Å². The van der Waals surface area contributed by atoms with Crippen molar-refractivity contribution >= 4 is 5.84 Å². The third kappa shape index (κ3) is 4.33. The van der Waals surface area contributed by atoms with Gasteiger partial charge in [-0.05, 0) is 38.0 Å². The summed E-state index contributed by atoms with van der Waals surface area (Å²) in [7, 11) is 0. The topological polar surface area (TPSA) is 83.5 Å². The minimum atomic E-state index is 0.0321. The number of rotatable bonds is 6.